The number of aliphatic carboxylic acids is 1. The van der Waals surface area contributed by atoms with Crippen molar-refractivity contribution in [1.82, 2.24) is 10.6 Å². The monoisotopic (exact) mass is 330 g/mol. The summed E-state index contributed by atoms with van der Waals surface area (Å²) >= 11 is 0. The molecule has 0 aliphatic heterocycles. The van der Waals surface area contributed by atoms with E-state index in [-0.39, 0.29) is 18.8 Å². The maximum atomic E-state index is 11.9. The van der Waals surface area contributed by atoms with Gasteiger partial charge in [0.2, 0.25) is 17.7 Å². The van der Waals surface area contributed by atoms with E-state index in [2.05, 4.69) is 10.6 Å². The van der Waals surface area contributed by atoms with Crippen LogP contribution >= 0.6 is 0 Å². The Morgan fingerprint density at radius 1 is 1.04 bits per heavy atom. The summed E-state index contributed by atoms with van der Waals surface area (Å²) in [5, 5.41) is 13.7. The standard InChI is InChI=1S/C14H26N4O5/c1-7(2)6-9(15)13(21)17-8(3)12(20)18-10(14(22)23)4-5-11(16)19/h7-10H,4-6,15H2,1-3H3,(H2,16,19)(H,17,21)(H,18,20)(H,22,23)/t8-,9-,10-/m0/s1. The Morgan fingerprint density at radius 3 is 2.04 bits per heavy atom. The van der Waals surface area contributed by atoms with Crippen LogP contribution in [0.2, 0.25) is 0 Å². The molecule has 0 aliphatic carbocycles. The highest BCUT2D eigenvalue weighted by molar-refractivity contribution is 5.91. The van der Waals surface area contributed by atoms with Gasteiger partial charge in [0, 0.05) is 6.42 Å². The van der Waals surface area contributed by atoms with Crippen LogP contribution in [0.25, 0.3) is 0 Å². The Labute approximate surface area is 135 Å². The van der Waals surface area contributed by atoms with E-state index in [0.717, 1.165) is 0 Å². The maximum absolute atomic E-state index is 11.9. The van der Waals surface area contributed by atoms with Crippen molar-refractivity contribution in [2.75, 3.05) is 0 Å². The van der Waals surface area contributed by atoms with E-state index in [0.29, 0.717) is 6.42 Å². The molecule has 7 N–H and O–H groups in total. The first kappa shape index (κ1) is 20.8. The highest BCUT2D eigenvalue weighted by atomic mass is 16.4. The number of rotatable bonds is 10. The molecule has 0 saturated carbocycles. The normalized spacial score (nSPS) is 14.7. The molecule has 0 aromatic heterocycles. The van der Waals surface area contributed by atoms with Crippen molar-refractivity contribution in [3.63, 3.8) is 0 Å². The number of hydrogen-bond donors (Lipinski definition) is 5. The molecule has 3 atom stereocenters. The lowest BCUT2D eigenvalue weighted by molar-refractivity contribution is -0.142. The highest BCUT2D eigenvalue weighted by Gasteiger charge is 2.25. The van der Waals surface area contributed by atoms with Crippen LogP contribution in [0.3, 0.4) is 0 Å². The van der Waals surface area contributed by atoms with Crippen LogP contribution in [0.5, 0.6) is 0 Å². The van der Waals surface area contributed by atoms with Crippen LogP contribution in [0.1, 0.15) is 40.0 Å². The molecule has 0 saturated heterocycles. The number of amides is 3. The van der Waals surface area contributed by atoms with Gasteiger partial charge >= 0.3 is 5.97 Å². The van der Waals surface area contributed by atoms with Gasteiger partial charge in [0.25, 0.3) is 0 Å². The molecule has 0 aromatic carbocycles. The Kier molecular flexibility index (Phi) is 8.86. The number of carboxylic acids is 1. The molecular weight excluding hydrogens is 304 g/mol. The summed E-state index contributed by atoms with van der Waals surface area (Å²) in [5.41, 5.74) is 10.7. The molecule has 0 fully saturated rings. The van der Waals surface area contributed by atoms with Crippen LogP contribution in [0.4, 0.5) is 0 Å². The molecule has 0 heterocycles. The molecule has 9 heteroatoms. The molecule has 0 aromatic rings. The molecule has 0 spiro atoms. The molecule has 9 nitrogen and oxygen atoms in total. The number of carbonyl (C=O) groups is 4. The number of primary amides is 1. The summed E-state index contributed by atoms with van der Waals surface area (Å²) in [6.07, 6.45) is 0.178. The SMILES string of the molecule is CC(C)C[C@H](N)C(=O)N[C@@H](C)C(=O)N[C@@H](CCC(N)=O)C(=O)O. The molecule has 0 bridgehead atoms. The first-order valence-electron chi connectivity index (χ1n) is 7.42. The van der Waals surface area contributed by atoms with E-state index in [1.54, 1.807) is 0 Å². The fourth-order valence-corrected chi connectivity index (χ4v) is 1.84. The summed E-state index contributed by atoms with van der Waals surface area (Å²) < 4.78 is 0. The van der Waals surface area contributed by atoms with E-state index in [9.17, 15) is 19.2 Å². The van der Waals surface area contributed by atoms with Crippen molar-refractivity contribution in [3.8, 4) is 0 Å². The first-order chi connectivity index (χ1) is 10.5. The van der Waals surface area contributed by atoms with Gasteiger partial charge in [-0.2, -0.15) is 0 Å². The Bertz CT molecular complexity index is 452. The summed E-state index contributed by atoms with van der Waals surface area (Å²) in [5.74, 6) is -2.87. The van der Waals surface area contributed by atoms with Crippen LogP contribution in [0.15, 0.2) is 0 Å². The molecule has 23 heavy (non-hydrogen) atoms. The predicted octanol–water partition coefficient (Wildman–Crippen LogP) is -1.30. The summed E-state index contributed by atoms with van der Waals surface area (Å²) in [4.78, 5) is 45.5. The lowest BCUT2D eigenvalue weighted by atomic mass is 10.0. The van der Waals surface area contributed by atoms with E-state index >= 15 is 0 Å². The topological polar surface area (TPSA) is 165 Å². The van der Waals surface area contributed by atoms with Gasteiger partial charge in [-0.1, -0.05) is 13.8 Å². The Morgan fingerprint density at radius 2 is 1.61 bits per heavy atom. The first-order valence-corrected chi connectivity index (χ1v) is 7.42. The Balaban J connectivity index is 4.53. The van der Waals surface area contributed by atoms with Crippen LogP contribution < -0.4 is 22.1 Å². The minimum Gasteiger partial charge on any atom is -0.480 e. The largest absolute Gasteiger partial charge is 0.480 e. The lowest BCUT2D eigenvalue weighted by Gasteiger charge is -2.20. The van der Waals surface area contributed by atoms with Gasteiger partial charge in [-0.25, -0.2) is 4.79 Å². The number of carbonyl (C=O) groups excluding carboxylic acids is 3. The number of nitrogens with one attached hydrogen (secondary N) is 2. The van der Waals surface area contributed by atoms with Crippen molar-refractivity contribution in [2.24, 2.45) is 17.4 Å². The van der Waals surface area contributed by atoms with Gasteiger partial charge in [-0.3, -0.25) is 14.4 Å². The molecular formula is C14H26N4O5. The second-order valence-electron chi connectivity index (χ2n) is 5.87. The zero-order valence-electron chi connectivity index (χ0n) is 13.7. The molecule has 0 radical (unpaired) electrons. The Hall–Kier alpha value is -2.16. The molecule has 0 rings (SSSR count). The molecule has 0 unspecified atom stereocenters. The summed E-state index contributed by atoms with van der Waals surface area (Å²) in [6, 6.07) is -2.94. The fraction of sp³-hybridized carbons (Fsp3) is 0.714. The van der Waals surface area contributed by atoms with Crippen LogP contribution in [-0.4, -0.2) is 46.9 Å². The highest BCUT2D eigenvalue weighted by Crippen LogP contribution is 2.03. The quantitative estimate of drug-likeness (QED) is 0.334. The maximum Gasteiger partial charge on any atom is 0.326 e. The third-order valence-corrected chi connectivity index (χ3v) is 3.11. The minimum absolute atomic E-state index is 0.121. The second-order valence-corrected chi connectivity index (χ2v) is 5.87. The molecule has 3 amide bonds. The van der Waals surface area contributed by atoms with E-state index < -0.39 is 41.8 Å². The number of nitrogens with two attached hydrogens (primary N) is 2. The third-order valence-electron chi connectivity index (χ3n) is 3.11. The van der Waals surface area contributed by atoms with E-state index in [1.165, 1.54) is 6.92 Å². The fourth-order valence-electron chi connectivity index (χ4n) is 1.84. The summed E-state index contributed by atoms with van der Waals surface area (Å²) in [6.45, 7) is 5.25. The zero-order valence-corrected chi connectivity index (χ0v) is 13.7. The third kappa shape index (κ3) is 8.77. The van der Waals surface area contributed by atoms with Gasteiger partial charge in [-0.05, 0) is 25.7 Å². The average Bonchev–Trinajstić information content (AvgIpc) is 2.41. The van der Waals surface area contributed by atoms with E-state index in [4.69, 9.17) is 16.6 Å². The van der Waals surface area contributed by atoms with Crippen LogP contribution in [0, 0.1) is 5.92 Å². The van der Waals surface area contributed by atoms with Gasteiger partial charge in [0.05, 0.1) is 6.04 Å². The van der Waals surface area contributed by atoms with E-state index in [1.807, 2.05) is 13.8 Å². The number of carboxylic acid groups (broad SMARTS) is 1. The molecule has 132 valence electrons. The van der Waals surface area contributed by atoms with Crippen LogP contribution in [-0.2, 0) is 19.2 Å². The lowest BCUT2D eigenvalue weighted by Crippen LogP contribution is -2.53. The predicted molar refractivity (Wildman–Crippen MR) is 83.0 cm³/mol. The number of hydrogen-bond acceptors (Lipinski definition) is 5. The van der Waals surface area contributed by atoms with Crippen molar-refractivity contribution < 1.29 is 24.3 Å². The van der Waals surface area contributed by atoms with Crippen molar-refractivity contribution in [3.05, 3.63) is 0 Å². The zero-order chi connectivity index (χ0) is 18.2. The minimum atomic E-state index is -1.28. The van der Waals surface area contributed by atoms with Gasteiger partial charge in [0.1, 0.15) is 12.1 Å². The van der Waals surface area contributed by atoms with Gasteiger partial charge < -0.3 is 27.2 Å². The van der Waals surface area contributed by atoms with Crippen molar-refractivity contribution >= 4 is 23.7 Å². The average molecular weight is 330 g/mol. The smallest absolute Gasteiger partial charge is 0.326 e. The van der Waals surface area contributed by atoms with Gasteiger partial charge in [0.15, 0.2) is 0 Å². The van der Waals surface area contributed by atoms with Crippen molar-refractivity contribution in [1.29, 1.82) is 0 Å². The summed E-state index contributed by atoms with van der Waals surface area (Å²) in [7, 11) is 0. The molecule has 0 aliphatic rings. The second kappa shape index (κ2) is 9.78. The van der Waals surface area contributed by atoms with Crippen molar-refractivity contribution in [2.45, 2.75) is 58.2 Å². The van der Waals surface area contributed by atoms with Gasteiger partial charge in [-0.15, -0.1) is 0 Å².